The van der Waals surface area contributed by atoms with Crippen LogP contribution in [0.3, 0.4) is 0 Å². The Bertz CT molecular complexity index is 1320. The largest absolute Gasteiger partial charge is 0.493 e. The smallest absolute Gasteiger partial charge is 0.161 e. The number of hydrogen-bond donors (Lipinski definition) is 0. The third kappa shape index (κ3) is 3.48. The fourth-order valence-corrected chi connectivity index (χ4v) is 3.81. The number of imidazole rings is 1. The maximum Gasteiger partial charge on any atom is 0.161 e. The molecule has 0 bridgehead atoms. The highest BCUT2D eigenvalue weighted by Gasteiger charge is 2.13. The van der Waals surface area contributed by atoms with Crippen molar-refractivity contribution in [3.8, 4) is 11.5 Å². The fourth-order valence-electron chi connectivity index (χ4n) is 3.81. The van der Waals surface area contributed by atoms with E-state index in [2.05, 4.69) is 53.1 Å². The van der Waals surface area contributed by atoms with Gasteiger partial charge in [-0.15, -0.1) is 0 Å². The van der Waals surface area contributed by atoms with E-state index in [1.807, 2.05) is 42.5 Å². The summed E-state index contributed by atoms with van der Waals surface area (Å²) < 4.78 is 13.7. The maximum atomic E-state index is 6.08. The van der Waals surface area contributed by atoms with E-state index in [1.54, 1.807) is 7.11 Å². The summed E-state index contributed by atoms with van der Waals surface area (Å²) >= 11 is 0. The van der Waals surface area contributed by atoms with Crippen LogP contribution in [0.5, 0.6) is 11.5 Å². The van der Waals surface area contributed by atoms with Crippen molar-refractivity contribution in [2.45, 2.75) is 13.2 Å². The summed E-state index contributed by atoms with van der Waals surface area (Å²) in [6, 6.07) is 30.9. The van der Waals surface area contributed by atoms with Gasteiger partial charge in [0.1, 0.15) is 12.4 Å². The molecule has 0 unspecified atom stereocenters. The van der Waals surface area contributed by atoms with E-state index >= 15 is 0 Å². The van der Waals surface area contributed by atoms with Crippen LogP contribution in [-0.2, 0) is 13.2 Å². The van der Waals surface area contributed by atoms with Crippen molar-refractivity contribution in [3.05, 3.63) is 102 Å². The van der Waals surface area contributed by atoms with Crippen LogP contribution in [0.1, 0.15) is 11.4 Å². The van der Waals surface area contributed by atoms with E-state index in [0.717, 1.165) is 29.2 Å². The molecule has 0 aliphatic carbocycles. The third-order valence-electron chi connectivity index (χ3n) is 5.31. The van der Waals surface area contributed by atoms with Crippen molar-refractivity contribution in [1.29, 1.82) is 0 Å². The molecule has 5 rings (SSSR count). The van der Waals surface area contributed by atoms with Crippen LogP contribution >= 0.6 is 0 Å². The number of para-hydroxylation sites is 4. The van der Waals surface area contributed by atoms with Crippen molar-refractivity contribution < 1.29 is 9.47 Å². The SMILES string of the molecule is COc1ccccc1OCc1nc2ccccc2n1Cc1ccc2ccccc2c1. The first-order valence-corrected chi connectivity index (χ1v) is 9.99. The molecule has 0 saturated heterocycles. The van der Waals surface area contributed by atoms with E-state index in [-0.39, 0.29) is 0 Å². The summed E-state index contributed by atoms with van der Waals surface area (Å²) in [5.74, 6) is 2.31. The van der Waals surface area contributed by atoms with Gasteiger partial charge in [-0.25, -0.2) is 4.98 Å². The highest BCUT2D eigenvalue weighted by atomic mass is 16.5. The molecular formula is C26H22N2O2. The van der Waals surface area contributed by atoms with Gasteiger partial charge in [0.25, 0.3) is 0 Å². The van der Waals surface area contributed by atoms with Gasteiger partial charge in [-0.1, -0.05) is 60.7 Å². The normalized spacial score (nSPS) is 11.1. The van der Waals surface area contributed by atoms with Crippen LogP contribution in [0.15, 0.2) is 91.0 Å². The standard InChI is InChI=1S/C26H22N2O2/c1-29-24-12-6-7-13-25(24)30-18-26-27-22-10-4-5-11-23(22)28(26)17-19-14-15-20-8-2-3-9-21(20)16-19/h2-16H,17-18H2,1H3. The predicted octanol–water partition coefficient (Wildman–Crippen LogP) is 5.83. The van der Waals surface area contributed by atoms with Crippen LogP contribution in [-0.4, -0.2) is 16.7 Å². The Morgan fingerprint density at radius 3 is 2.37 bits per heavy atom. The van der Waals surface area contributed by atoms with Crippen molar-refractivity contribution >= 4 is 21.8 Å². The zero-order chi connectivity index (χ0) is 20.3. The predicted molar refractivity (Wildman–Crippen MR) is 120 cm³/mol. The van der Waals surface area contributed by atoms with E-state index in [1.165, 1.54) is 16.3 Å². The lowest BCUT2D eigenvalue weighted by Crippen LogP contribution is -2.08. The minimum Gasteiger partial charge on any atom is -0.493 e. The van der Waals surface area contributed by atoms with E-state index in [9.17, 15) is 0 Å². The van der Waals surface area contributed by atoms with Crippen LogP contribution in [0.2, 0.25) is 0 Å². The second-order valence-electron chi connectivity index (χ2n) is 7.22. The molecule has 0 saturated carbocycles. The van der Waals surface area contributed by atoms with Gasteiger partial charge in [0.15, 0.2) is 11.5 Å². The zero-order valence-corrected chi connectivity index (χ0v) is 16.8. The molecule has 0 spiro atoms. The molecule has 0 N–H and O–H groups in total. The van der Waals surface area contributed by atoms with Crippen molar-refractivity contribution in [2.24, 2.45) is 0 Å². The van der Waals surface area contributed by atoms with Gasteiger partial charge in [0.2, 0.25) is 0 Å². The molecule has 4 heteroatoms. The summed E-state index contributed by atoms with van der Waals surface area (Å²) in [6.45, 7) is 1.10. The summed E-state index contributed by atoms with van der Waals surface area (Å²) in [5, 5.41) is 2.49. The highest BCUT2D eigenvalue weighted by molar-refractivity contribution is 5.83. The summed E-state index contributed by atoms with van der Waals surface area (Å²) in [7, 11) is 1.65. The maximum absolute atomic E-state index is 6.08. The Morgan fingerprint density at radius 1 is 0.767 bits per heavy atom. The number of fused-ring (bicyclic) bond motifs is 2. The van der Waals surface area contributed by atoms with E-state index in [4.69, 9.17) is 14.5 Å². The van der Waals surface area contributed by atoms with Gasteiger partial charge in [-0.2, -0.15) is 0 Å². The molecule has 4 aromatic carbocycles. The minimum absolute atomic E-state index is 0.364. The average Bonchev–Trinajstić information content (AvgIpc) is 3.15. The quantitative estimate of drug-likeness (QED) is 0.364. The molecule has 30 heavy (non-hydrogen) atoms. The van der Waals surface area contributed by atoms with Crippen LogP contribution in [0, 0.1) is 0 Å². The molecule has 0 amide bonds. The fraction of sp³-hybridized carbons (Fsp3) is 0.115. The lowest BCUT2D eigenvalue weighted by Gasteiger charge is -2.13. The number of methoxy groups -OCH3 is 1. The molecule has 0 fully saturated rings. The number of benzene rings is 4. The van der Waals surface area contributed by atoms with Gasteiger partial charge in [0.05, 0.1) is 18.1 Å². The lowest BCUT2D eigenvalue weighted by molar-refractivity contribution is 0.273. The molecule has 5 aromatic rings. The van der Waals surface area contributed by atoms with Gasteiger partial charge < -0.3 is 14.0 Å². The number of aromatic nitrogens is 2. The first kappa shape index (κ1) is 18.3. The minimum atomic E-state index is 0.364. The number of nitrogens with zero attached hydrogens (tertiary/aromatic N) is 2. The van der Waals surface area contributed by atoms with Gasteiger partial charge >= 0.3 is 0 Å². The molecule has 0 atom stereocenters. The van der Waals surface area contributed by atoms with Crippen LogP contribution in [0.4, 0.5) is 0 Å². The molecular weight excluding hydrogens is 372 g/mol. The summed E-state index contributed by atoms with van der Waals surface area (Å²) in [4.78, 5) is 4.84. The Kier molecular flexibility index (Phi) is 4.81. The first-order valence-electron chi connectivity index (χ1n) is 9.99. The lowest BCUT2D eigenvalue weighted by atomic mass is 10.1. The Balaban J connectivity index is 1.50. The monoisotopic (exact) mass is 394 g/mol. The van der Waals surface area contributed by atoms with Crippen LogP contribution in [0.25, 0.3) is 21.8 Å². The molecule has 0 aliphatic heterocycles. The summed E-state index contributed by atoms with van der Waals surface area (Å²) in [6.07, 6.45) is 0. The molecule has 1 heterocycles. The molecule has 1 aromatic heterocycles. The number of hydrogen-bond acceptors (Lipinski definition) is 3. The van der Waals surface area contributed by atoms with Crippen LogP contribution < -0.4 is 9.47 Å². The molecule has 148 valence electrons. The second kappa shape index (κ2) is 7.91. The van der Waals surface area contributed by atoms with Gasteiger partial charge in [-0.3, -0.25) is 0 Å². The topological polar surface area (TPSA) is 36.3 Å². The highest BCUT2D eigenvalue weighted by Crippen LogP contribution is 2.27. The van der Waals surface area contributed by atoms with Crippen molar-refractivity contribution in [2.75, 3.05) is 7.11 Å². The number of rotatable bonds is 6. The molecule has 0 aliphatic rings. The van der Waals surface area contributed by atoms with E-state index < -0.39 is 0 Å². The first-order chi connectivity index (χ1) is 14.8. The molecule has 4 nitrogen and oxygen atoms in total. The third-order valence-corrected chi connectivity index (χ3v) is 5.31. The Morgan fingerprint density at radius 2 is 1.50 bits per heavy atom. The van der Waals surface area contributed by atoms with E-state index in [0.29, 0.717) is 12.4 Å². The Labute approximate surface area is 175 Å². The van der Waals surface area contributed by atoms with Gasteiger partial charge in [-0.05, 0) is 46.7 Å². The molecule has 0 radical (unpaired) electrons. The van der Waals surface area contributed by atoms with Gasteiger partial charge in [0, 0.05) is 6.54 Å². The van der Waals surface area contributed by atoms with Crippen molar-refractivity contribution in [3.63, 3.8) is 0 Å². The number of ether oxygens (including phenoxy) is 2. The zero-order valence-electron chi connectivity index (χ0n) is 16.8. The van der Waals surface area contributed by atoms with Crippen molar-refractivity contribution in [1.82, 2.24) is 9.55 Å². The summed E-state index contributed by atoms with van der Waals surface area (Å²) in [5.41, 5.74) is 3.30. The second-order valence-corrected chi connectivity index (χ2v) is 7.22. The average molecular weight is 394 g/mol. The Hall–Kier alpha value is -3.79.